The van der Waals surface area contributed by atoms with E-state index < -0.39 is 0 Å². The van der Waals surface area contributed by atoms with E-state index in [1.165, 1.54) is 5.56 Å². The largest absolute Gasteiger partial charge is 0.270 e. The number of carbonyl (C=O) groups excluding carboxylic acids is 1. The standard InChI is InChI=1S/C13H16N2O/c16-13-12-6-8-15(14-13,9-7-12)10-11-4-2-1-3-5-11/h1-5,12H,6-10H2/p+1. The third-order valence-electron chi connectivity index (χ3n) is 3.86. The molecule has 3 aliphatic heterocycles. The van der Waals surface area contributed by atoms with Crippen LogP contribution < -0.4 is 5.43 Å². The number of fused-ring (bicyclic) bond motifs is 3. The molecule has 0 saturated carbocycles. The summed E-state index contributed by atoms with van der Waals surface area (Å²) in [5, 5.41) is 0. The van der Waals surface area contributed by atoms with Crippen molar-refractivity contribution in [1.82, 2.24) is 5.43 Å². The number of benzene rings is 1. The fraction of sp³-hybridized carbons (Fsp3) is 0.462. The zero-order chi connectivity index (χ0) is 11.0. The van der Waals surface area contributed by atoms with Gasteiger partial charge >= 0.3 is 0 Å². The highest BCUT2D eigenvalue weighted by atomic mass is 16.2. The van der Waals surface area contributed by atoms with Gasteiger partial charge in [0, 0.05) is 18.4 Å². The molecule has 3 nitrogen and oxygen atoms in total. The van der Waals surface area contributed by atoms with Crippen LogP contribution in [0.3, 0.4) is 0 Å². The molecule has 3 heteroatoms. The van der Waals surface area contributed by atoms with Gasteiger partial charge in [-0.25, -0.2) is 10.0 Å². The minimum atomic E-state index is 0.258. The average molecular weight is 217 g/mol. The Hall–Kier alpha value is -1.35. The van der Waals surface area contributed by atoms with Gasteiger partial charge in [0.1, 0.15) is 19.6 Å². The second-order valence-electron chi connectivity index (χ2n) is 4.99. The molecule has 3 fully saturated rings. The van der Waals surface area contributed by atoms with Gasteiger partial charge in [-0.05, 0) is 0 Å². The SMILES string of the molecule is O=C1N[N+]2(Cc3ccccc3)CCC1CC2. The molecule has 2 bridgehead atoms. The summed E-state index contributed by atoms with van der Waals surface area (Å²) in [7, 11) is 0. The van der Waals surface area contributed by atoms with Crippen molar-refractivity contribution < 1.29 is 9.39 Å². The van der Waals surface area contributed by atoms with E-state index >= 15 is 0 Å². The molecular formula is C13H17N2O+. The van der Waals surface area contributed by atoms with Crippen LogP contribution in [0.15, 0.2) is 30.3 Å². The van der Waals surface area contributed by atoms with Gasteiger partial charge in [-0.15, -0.1) is 0 Å². The molecule has 16 heavy (non-hydrogen) atoms. The molecule has 1 aromatic rings. The van der Waals surface area contributed by atoms with Gasteiger partial charge in [0.25, 0.3) is 5.91 Å². The Morgan fingerprint density at radius 3 is 2.50 bits per heavy atom. The lowest BCUT2D eigenvalue weighted by atomic mass is 9.92. The van der Waals surface area contributed by atoms with Crippen LogP contribution in [0.2, 0.25) is 0 Å². The summed E-state index contributed by atoms with van der Waals surface area (Å²) in [6.45, 7) is 3.11. The van der Waals surface area contributed by atoms with E-state index in [1.54, 1.807) is 0 Å². The molecule has 3 aliphatic rings. The lowest BCUT2D eigenvalue weighted by Gasteiger charge is -2.47. The van der Waals surface area contributed by atoms with Gasteiger partial charge in [-0.1, -0.05) is 30.3 Å². The molecule has 1 N–H and O–H groups in total. The average Bonchev–Trinajstić information content (AvgIpc) is 2.31. The lowest BCUT2D eigenvalue weighted by molar-refractivity contribution is -0.984. The first-order chi connectivity index (χ1) is 7.77. The predicted octanol–water partition coefficient (Wildman–Crippen LogP) is 1.46. The van der Waals surface area contributed by atoms with Crippen LogP contribution in [-0.4, -0.2) is 23.6 Å². The van der Waals surface area contributed by atoms with Crippen LogP contribution in [0, 0.1) is 5.92 Å². The Balaban J connectivity index is 1.81. The fourth-order valence-electron chi connectivity index (χ4n) is 2.89. The molecule has 0 aliphatic carbocycles. The number of nitrogens with one attached hydrogen (secondary N) is 1. The second kappa shape index (κ2) is 3.59. The second-order valence-corrected chi connectivity index (χ2v) is 4.99. The summed E-state index contributed by atoms with van der Waals surface area (Å²) in [4.78, 5) is 11.7. The molecular weight excluding hydrogens is 200 g/mol. The number of carbonyl (C=O) groups is 1. The Morgan fingerprint density at radius 2 is 1.88 bits per heavy atom. The number of hydrogen-bond acceptors (Lipinski definition) is 1. The number of piperidine rings is 1. The van der Waals surface area contributed by atoms with Crippen LogP contribution >= 0.6 is 0 Å². The molecule has 3 heterocycles. The van der Waals surface area contributed by atoms with Gasteiger partial charge in [0.05, 0.1) is 5.92 Å². The number of quaternary nitrogens is 1. The van der Waals surface area contributed by atoms with Crippen molar-refractivity contribution in [2.24, 2.45) is 5.92 Å². The summed E-state index contributed by atoms with van der Waals surface area (Å²) in [5.41, 5.74) is 4.48. The fourth-order valence-corrected chi connectivity index (χ4v) is 2.89. The zero-order valence-electron chi connectivity index (χ0n) is 9.36. The van der Waals surface area contributed by atoms with E-state index in [-0.39, 0.29) is 11.8 Å². The maximum Gasteiger partial charge on any atom is 0.268 e. The number of nitrogens with zero attached hydrogens (tertiary/aromatic N) is 1. The first kappa shape index (κ1) is 9.85. The van der Waals surface area contributed by atoms with Crippen molar-refractivity contribution in [2.75, 3.05) is 13.1 Å². The summed E-state index contributed by atoms with van der Waals surface area (Å²) in [5.74, 6) is 0.546. The third kappa shape index (κ3) is 1.61. The Bertz CT molecular complexity index is 394. The monoisotopic (exact) mass is 217 g/mol. The quantitative estimate of drug-likeness (QED) is 0.747. The van der Waals surface area contributed by atoms with E-state index in [4.69, 9.17) is 0 Å². The highest BCUT2D eigenvalue weighted by Gasteiger charge is 2.45. The molecule has 84 valence electrons. The molecule has 1 aromatic carbocycles. The van der Waals surface area contributed by atoms with Gasteiger partial charge < -0.3 is 0 Å². The molecule has 0 unspecified atom stereocenters. The topological polar surface area (TPSA) is 29.1 Å². The Morgan fingerprint density at radius 1 is 1.19 bits per heavy atom. The van der Waals surface area contributed by atoms with E-state index in [0.717, 1.165) is 37.1 Å². The van der Waals surface area contributed by atoms with Gasteiger partial charge in [0.2, 0.25) is 0 Å². The van der Waals surface area contributed by atoms with Crippen LogP contribution in [0.1, 0.15) is 18.4 Å². The molecule has 0 aromatic heterocycles. The minimum absolute atomic E-state index is 0.258. The van der Waals surface area contributed by atoms with Crippen LogP contribution in [0.5, 0.6) is 0 Å². The molecule has 1 amide bonds. The van der Waals surface area contributed by atoms with E-state index in [9.17, 15) is 4.79 Å². The van der Waals surface area contributed by atoms with Crippen molar-refractivity contribution in [3.8, 4) is 0 Å². The van der Waals surface area contributed by atoms with E-state index in [1.807, 2.05) is 6.07 Å². The first-order valence-corrected chi connectivity index (χ1v) is 6.00. The Labute approximate surface area is 95.6 Å². The number of hydrogen-bond donors (Lipinski definition) is 1. The van der Waals surface area contributed by atoms with Crippen molar-refractivity contribution in [3.63, 3.8) is 0 Å². The maximum absolute atomic E-state index is 11.7. The number of rotatable bonds is 2. The van der Waals surface area contributed by atoms with Crippen molar-refractivity contribution in [3.05, 3.63) is 35.9 Å². The van der Waals surface area contributed by atoms with Crippen molar-refractivity contribution >= 4 is 5.91 Å². The van der Waals surface area contributed by atoms with Gasteiger partial charge in [0.15, 0.2) is 0 Å². The highest BCUT2D eigenvalue weighted by Crippen LogP contribution is 2.29. The normalized spacial score (nSPS) is 32.5. The summed E-state index contributed by atoms with van der Waals surface area (Å²) in [6.07, 6.45) is 2.11. The van der Waals surface area contributed by atoms with Gasteiger partial charge in [-0.2, -0.15) is 0 Å². The Kier molecular flexibility index (Phi) is 2.21. The minimum Gasteiger partial charge on any atom is -0.270 e. The third-order valence-corrected chi connectivity index (χ3v) is 3.86. The lowest BCUT2D eigenvalue weighted by Crippen LogP contribution is -2.69. The van der Waals surface area contributed by atoms with Crippen LogP contribution in [0.4, 0.5) is 0 Å². The van der Waals surface area contributed by atoms with Crippen molar-refractivity contribution in [2.45, 2.75) is 19.4 Å². The molecule has 0 spiro atoms. The summed E-state index contributed by atoms with van der Waals surface area (Å²) >= 11 is 0. The summed E-state index contributed by atoms with van der Waals surface area (Å²) < 4.78 is 0.763. The van der Waals surface area contributed by atoms with Crippen LogP contribution in [-0.2, 0) is 11.3 Å². The molecule has 0 radical (unpaired) electrons. The van der Waals surface area contributed by atoms with E-state index in [2.05, 4.69) is 29.7 Å². The first-order valence-electron chi connectivity index (χ1n) is 6.00. The molecule has 4 rings (SSSR count). The van der Waals surface area contributed by atoms with E-state index in [0.29, 0.717) is 0 Å². The van der Waals surface area contributed by atoms with Crippen molar-refractivity contribution in [1.29, 1.82) is 0 Å². The summed E-state index contributed by atoms with van der Waals surface area (Å²) in [6, 6.07) is 10.4. The molecule has 0 atom stereocenters. The van der Waals surface area contributed by atoms with Crippen LogP contribution in [0.25, 0.3) is 0 Å². The number of amides is 1. The van der Waals surface area contributed by atoms with Gasteiger partial charge in [-0.3, -0.25) is 4.79 Å². The highest BCUT2D eigenvalue weighted by molar-refractivity contribution is 5.78. The smallest absolute Gasteiger partial charge is 0.268 e. The zero-order valence-corrected chi connectivity index (χ0v) is 9.36. The maximum atomic E-state index is 11.7. The molecule has 3 saturated heterocycles. The predicted molar refractivity (Wildman–Crippen MR) is 61.0 cm³/mol.